The number of aromatic nitrogens is 2. The van der Waals surface area contributed by atoms with E-state index in [4.69, 9.17) is 9.47 Å². The highest BCUT2D eigenvalue weighted by atomic mass is 16.5. The molecule has 154 valence electrons. The minimum absolute atomic E-state index is 0.843. The highest BCUT2D eigenvalue weighted by Crippen LogP contribution is 2.35. The quantitative estimate of drug-likeness (QED) is 0.400. The Morgan fingerprint density at radius 2 is 0.833 bits per heavy atom. The molecule has 4 rings (SSSR count). The van der Waals surface area contributed by atoms with Crippen LogP contribution >= 0.6 is 0 Å². The van der Waals surface area contributed by atoms with Crippen LogP contribution in [0.15, 0.2) is 60.7 Å². The van der Waals surface area contributed by atoms with Crippen LogP contribution in [0.25, 0.3) is 22.5 Å². The van der Waals surface area contributed by atoms with Crippen LogP contribution in [0.4, 0.5) is 0 Å². The summed E-state index contributed by atoms with van der Waals surface area (Å²) in [6.07, 6.45) is 0. The highest BCUT2D eigenvalue weighted by molar-refractivity contribution is 5.72. The SMILES string of the molecule is COc1cc(-c2ccc(-n3c(C)ccc3C)c(OC)c2)ccc1-n1c(C)ccc1C. The molecule has 0 saturated heterocycles. The van der Waals surface area contributed by atoms with Crippen LogP contribution in [0.1, 0.15) is 22.8 Å². The van der Waals surface area contributed by atoms with Crippen molar-refractivity contribution in [3.8, 4) is 34.0 Å². The molecule has 2 aromatic heterocycles. The Bertz CT molecular complexity index is 1080. The van der Waals surface area contributed by atoms with Crippen molar-refractivity contribution < 1.29 is 9.47 Å². The van der Waals surface area contributed by atoms with Gasteiger partial charge in [-0.2, -0.15) is 0 Å². The van der Waals surface area contributed by atoms with Crippen molar-refractivity contribution >= 4 is 0 Å². The Kier molecular flexibility index (Phi) is 5.17. The van der Waals surface area contributed by atoms with Crippen LogP contribution in [0.2, 0.25) is 0 Å². The largest absolute Gasteiger partial charge is 0.495 e. The molecule has 0 amide bonds. The number of benzene rings is 2. The zero-order chi connectivity index (χ0) is 21.4. The number of methoxy groups -OCH3 is 2. The van der Waals surface area contributed by atoms with Crippen LogP contribution in [0.5, 0.6) is 11.5 Å². The molecule has 4 heteroatoms. The summed E-state index contributed by atoms with van der Waals surface area (Å²) in [6.45, 7) is 8.43. The van der Waals surface area contributed by atoms with E-state index in [9.17, 15) is 0 Å². The van der Waals surface area contributed by atoms with Gasteiger partial charge in [0, 0.05) is 22.8 Å². The predicted octanol–water partition coefficient (Wildman–Crippen LogP) is 6.19. The number of ether oxygens (including phenoxy) is 2. The van der Waals surface area contributed by atoms with Crippen LogP contribution in [0, 0.1) is 27.7 Å². The van der Waals surface area contributed by atoms with Gasteiger partial charge in [-0.05, 0) is 87.4 Å². The van der Waals surface area contributed by atoms with Gasteiger partial charge < -0.3 is 18.6 Å². The zero-order valence-electron chi connectivity index (χ0n) is 18.5. The van der Waals surface area contributed by atoms with Gasteiger partial charge in [0.15, 0.2) is 0 Å². The van der Waals surface area contributed by atoms with Crippen molar-refractivity contribution in [3.63, 3.8) is 0 Å². The fourth-order valence-corrected chi connectivity index (χ4v) is 4.18. The number of rotatable bonds is 5. The van der Waals surface area contributed by atoms with E-state index in [1.54, 1.807) is 14.2 Å². The van der Waals surface area contributed by atoms with Gasteiger partial charge >= 0.3 is 0 Å². The van der Waals surface area contributed by atoms with Crippen molar-refractivity contribution in [1.29, 1.82) is 0 Å². The lowest BCUT2D eigenvalue weighted by Gasteiger charge is -2.17. The Labute approximate surface area is 178 Å². The molecule has 0 spiro atoms. The monoisotopic (exact) mass is 400 g/mol. The van der Waals surface area contributed by atoms with Gasteiger partial charge in [0.25, 0.3) is 0 Å². The van der Waals surface area contributed by atoms with Gasteiger partial charge in [0.2, 0.25) is 0 Å². The molecule has 0 unspecified atom stereocenters. The van der Waals surface area contributed by atoms with Gasteiger partial charge in [0.1, 0.15) is 11.5 Å². The maximum absolute atomic E-state index is 5.76. The normalized spacial score (nSPS) is 11.0. The second-order valence-electron chi connectivity index (χ2n) is 7.68. The van der Waals surface area contributed by atoms with E-state index in [1.165, 1.54) is 22.8 Å². The van der Waals surface area contributed by atoms with Crippen LogP contribution in [0.3, 0.4) is 0 Å². The van der Waals surface area contributed by atoms with Gasteiger partial charge in [-0.3, -0.25) is 0 Å². The minimum atomic E-state index is 0.843. The summed E-state index contributed by atoms with van der Waals surface area (Å²) in [4.78, 5) is 0. The maximum Gasteiger partial charge on any atom is 0.143 e. The van der Waals surface area contributed by atoms with Gasteiger partial charge in [-0.15, -0.1) is 0 Å². The predicted molar refractivity (Wildman–Crippen MR) is 123 cm³/mol. The molecular weight excluding hydrogens is 372 g/mol. The lowest BCUT2D eigenvalue weighted by molar-refractivity contribution is 0.412. The summed E-state index contributed by atoms with van der Waals surface area (Å²) in [5.74, 6) is 1.69. The fraction of sp³-hybridized carbons (Fsp3) is 0.231. The van der Waals surface area contributed by atoms with E-state index in [0.717, 1.165) is 34.0 Å². The van der Waals surface area contributed by atoms with Crippen molar-refractivity contribution in [2.75, 3.05) is 14.2 Å². The first kappa shape index (κ1) is 19.9. The summed E-state index contributed by atoms with van der Waals surface area (Å²) in [7, 11) is 3.44. The van der Waals surface area contributed by atoms with Gasteiger partial charge in [-0.1, -0.05) is 12.1 Å². The average Bonchev–Trinajstić information content (AvgIpc) is 3.27. The molecule has 0 aliphatic rings. The Hall–Kier alpha value is -3.40. The number of aryl methyl sites for hydroxylation is 4. The summed E-state index contributed by atoms with van der Waals surface area (Å²) in [6, 6.07) is 21.2. The summed E-state index contributed by atoms with van der Waals surface area (Å²) in [5, 5.41) is 0. The van der Waals surface area contributed by atoms with Crippen LogP contribution < -0.4 is 9.47 Å². The Morgan fingerprint density at radius 1 is 0.500 bits per heavy atom. The third kappa shape index (κ3) is 3.28. The van der Waals surface area contributed by atoms with Crippen molar-refractivity contribution in [1.82, 2.24) is 9.13 Å². The second-order valence-corrected chi connectivity index (χ2v) is 7.68. The summed E-state index contributed by atoms with van der Waals surface area (Å²) in [5.41, 5.74) is 8.99. The second kappa shape index (κ2) is 7.79. The van der Waals surface area contributed by atoms with Crippen molar-refractivity contribution in [2.45, 2.75) is 27.7 Å². The average molecular weight is 401 g/mol. The first-order chi connectivity index (χ1) is 14.4. The molecule has 0 radical (unpaired) electrons. The van der Waals surface area contributed by atoms with Gasteiger partial charge in [0.05, 0.1) is 25.6 Å². The fourth-order valence-electron chi connectivity index (χ4n) is 4.18. The smallest absolute Gasteiger partial charge is 0.143 e. The molecule has 0 atom stereocenters. The topological polar surface area (TPSA) is 28.3 Å². The molecule has 2 aromatic carbocycles. The van der Waals surface area contributed by atoms with E-state index < -0.39 is 0 Å². The molecular formula is C26H28N2O2. The Morgan fingerprint density at radius 3 is 1.13 bits per heavy atom. The molecule has 0 saturated carbocycles. The van der Waals surface area contributed by atoms with Crippen LogP contribution in [-0.2, 0) is 0 Å². The summed E-state index contributed by atoms with van der Waals surface area (Å²) < 4.78 is 15.9. The zero-order valence-corrected chi connectivity index (χ0v) is 18.5. The molecule has 0 bridgehead atoms. The first-order valence-electron chi connectivity index (χ1n) is 10.1. The van der Waals surface area contributed by atoms with Crippen LogP contribution in [-0.4, -0.2) is 23.4 Å². The molecule has 4 aromatic rings. The van der Waals surface area contributed by atoms with E-state index in [2.05, 4.69) is 97.5 Å². The highest BCUT2D eigenvalue weighted by Gasteiger charge is 2.14. The van der Waals surface area contributed by atoms with E-state index >= 15 is 0 Å². The van der Waals surface area contributed by atoms with E-state index in [0.29, 0.717) is 0 Å². The third-order valence-electron chi connectivity index (χ3n) is 5.72. The summed E-state index contributed by atoms with van der Waals surface area (Å²) >= 11 is 0. The number of hydrogen-bond acceptors (Lipinski definition) is 2. The molecule has 0 N–H and O–H groups in total. The molecule has 30 heavy (non-hydrogen) atoms. The lowest BCUT2D eigenvalue weighted by Crippen LogP contribution is -2.03. The molecule has 0 fully saturated rings. The third-order valence-corrected chi connectivity index (χ3v) is 5.72. The number of nitrogens with zero attached hydrogens (tertiary/aromatic N) is 2. The minimum Gasteiger partial charge on any atom is -0.495 e. The van der Waals surface area contributed by atoms with E-state index in [1.807, 2.05) is 0 Å². The standard InChI is InChI=1S/C26H28N2O2/c1-17-7-8-18(2)27(17)23-13-11-21(15-25(23)29-5)22-12-14-24(26(16-22)30-6)28-19(3)9-10-20(28)4/h7-16H,1-6H3. The van der Waals surface area contributed by atoms with Crippen molar-refractivity contribution in [2.24, 2.45) is 0 Å². The van der Waals surface area contributed by atoms with E-state index in [-0.39, 0.29) is 0 Å². The molecule has 2 heterocycles. The molecule has 4 nitrogen and oxygen atoms in total. The number of hydrogen-bond donors (Lipinski definition) is 0. The van der Waals surface area contributed by atoms with Crippen molar-refractivity contribution in [3.05, 3.63) is 83.4 Å². The van der Waals surface area contributed by atoms with Gasteiger partial charge in [-0.25, -0.2) is 0 Å². The first-order valence-corrected chi connectivity index (χ1v) is 10.1. The molecule has 0 aliphatic heterocycles. The molecule has 0 aliphatic carbocycles. The lowest BCUT2D eigenvalue weighted by atomic mass is 10.0. The Balaban J connectivity index is 1.80. The maximum atomic E-state index is 5.76.